The zero-order valence-electron chi connectivity index (χ0n) is 8.16. The molecular weight excluding hydrogens is 164 g/mol. The highest BCUT2D eigenvalue weighted by Gasteiger charge is 2.11. The molecule has 0 atom stereocenters. The van der Waals surface area contributed by atoms with Gasteiger partial charge in [-0.05, 0) is 25.8 Å². The van der Waals surface area contributed by atoms with Crippen molar-refractivity contribution in [3.63, 3.8) is 0 Å². The SMILES string of the molecule is CC(C)(O)OCCc1ccccc1. The molecule has 0 saturated carbocycles. The first kappa shape index (κ1) is 10.2. The highest BCUT2D eigenvalue weighted by molar-refractivity contribution is 5.14. The number of ether oxygens (including phenoxy) is 1. The van der Waals surface area contributed by atoms with Crippen LogP contribution in [0, 0.1) is 0 Å². The Morgan fingerprint density at radius 3 is 2.38 bits per heavy atom. The van der Waals surface area contributed by atoms with E-state index >= 15 is 0 Å². The van der Waals surface area contributed by atoms with Gasteiger partial charge in [-0.25, -0.2) is 0 Å². The summed E-state index contributed by atoms with van der Waals surface area (Å²) in [5, 5.41) is 9.27. The van der Waals surface area contributed by atoms with Gasteiger partial charge < -0.3 is 9.84 Å². The van der Waals surface area contributed by atoms with Crippen LogP contribution in [0.4, 0.5) is 0 Å². The standard InChI is InChI=1S/C11H16O2/c1-11(2,12)13-9-8-10-6-4-3-5-7-10/h3-7,12H,8-9H2,1-2H3. The first-order valence-corrected chi connectivity index (χ1v) is 4.48. The molecular formula is C11H16O2. The minimum Gasteiger partial charge on any atom is -0.366 e. The van der Waals surface area contributed by atoms with Crippen LogP contribution < -0.4 is 0 Å². The van der Waals surface area contributed by atoms with E-state index in [-0.39, 0.29) is 0 Å². The van der Waals surface area contributed by atoms with Crippen molar-refractivity contribution in [2.75, 3.05) is 6.61 Å². The van der Waals surface area contributed by atoms with E-state index in [0.29, 0.717) is 6.61 Å². The lowest BCUT2D eigenvalue weighted by Crippen LogP contribution is -2.24. The monoisotopic (exact) mass is 180 g/mol. The Morgan fingerprint density at radius 2 is 1.85 bits per heavy atom. The molecule has 1 rings (SSSR count). The van der Waals surface area contributed by atoms with Crippen molar-refractivity contribution in [2.24, 2.45) is 0 Å². The second-order valence-corrected chi connectivity index (χ2v) is 3.53. The smallest absolute Gasteiger partial charge is 0.159 e. The average molecular weight is 180 g/mol. The van der Waals surface area contributed by atoms with Gasteiger partial charge in [-0.2, -0.15) is 0 Å². The van der Waals surface area contributed by atoms with Crippen molar-refractivity contribution in [1.82, 2.24) is 0 Å². The summed E-state index contributed by atoms with van der Waals surface area (Å²) in [5.74, 6) is -1.02. The quantitative estimate of drug-likeness (QED) is 0.718. The molecule has 0 radical (unpaired) electrons. The molecule has 0 spiro atoms. The van der Waals surface area contributed by atoms with Crippen molar-refractivity contribution < 1.29 is 9.84 Å². The zero-order chi connectivity index (χ0) is 9.73. The largest absolute Gasteiger partial charge is 0.366 e. The van der Waals surface area contributed by atoms with Crippen LogP contribution in [0.25, 0.3) is 0 Å². The van der Waals surface area contributed by atoms with Gasteiger partial charge in [0.1, 0.15) is 0 Å². The molecule has 2 nitrogen and oxygen atoms in total. The molecule has 0 unspecified atom stereocenters. The van der Waals surface area contributed by atoms with Gasteiger partial charge in [0.15, 0.2) is 5.79 Å². The van der Waals surface area contributed by atoms with E-state index in [0.717, 1.165) is 6.42 Å². The van der Waals surface area contributed by atoms with E-state index in [1.165, 1.54) is 5.56 Å². The van der Waals surface area contributed by atoms with Gasteiger partial charge in [-0.3, -0.25) is 0 Å². The van der Waals surface area contributed by atoms with Gasteiger partial charge >= 0.3 is 0 Å². The summed E-state index contributed by atoms with van der Waals surface area (Å²) >= 11 is 0. The Morgan fingerprint density at radius 1 is 1.23 bits per heavy atom. The van der Waals surface area contributed by atoms with Gasteiger partial charge in [-0.15, -0.1) is 0 Å². The van der Waals surface area contributed by atoms with Crippen molar-refractivity contribution in [3.05, 3.63) is 35.9 Å². The Hall–Kier alpha value is -0.860. The van der Waals surface area contributed by atoms with Crippen LogP contribution in [0.2, 0.25) is 0 Å². The van der Waals surface area contributed by atoms with Gasteiger partial charge in [0, 0.05) is 0 Å². The predicted molar refractivity (Wildman–Crippen MR) is 52.4 cm³/mol. The summed E-state index contributed by atoms with van der Waals surface area (Å²) in [6, 6.07) is 10.1. The van der Waals surface area contributed by atoms with Gasteiger partial charge in [0.2, 0.25) is 0 Å². The van der Waals surface area contributed by atoms with E-state index in [2.05, 4.69) is 0 Å². The van der Waals surface area contributed by atoms with Gasteiger partial charge in [-0.1, -0.05) is 30.3 Å². The molecule has 1 N–H and O–H groups in total. The number of benzene rings is 1. The summed E-state index contributed by atoms with van der Waals surface area (Å²) in [5.41, 5.74) is 1.23. The summed E-state index contributed by atoms with van der Waals surface area (Å²) in [4.78, 5) is 0. The van der Waals surface area contributed by atoms with E-state index in [9.17, 15) is 5.11 Å². The Kier molecular flexibility index (Phi) is 3.46. The van der Waals surface area contributed by atoms with Crippen molar-refractivity contribution in [1.29, 1.82) is 0 Å². The van der Waals surface area contributed by atoms with Crippen LogP contribution in [0.3, 0.4) is 0 Å². The minimum atomic E-state index is -1.02. The molecule has 0 aliphatic heterocycles. The molecule has 0 aliphatic rings. The number of hydrogen-bond acceptors (Lipinski definition) is 2. The maximum atomic E-state index is 9.27. The first-order chi connectivity index (χ1) is 6.08. The first-order valence-electron chi connectivity index (χ1n) is 4.48. The number of hydrogen-bond donors (Lipinski definition) is 1. The molecule has 0 fully saturated rings. The lowest BCUT2D eigenvalue weighted by atomic mass is 10.2. The van der Waals surface area contributed by atoms with Crippen molar-refractivity contribution in [2.45, 2.75) is 26.1 Å². The molecule has 72 valence electrons. The fraction of sp³-hybridized carbons (Fsp3) is 0.455. The highest BCUT2D eigenvalue weighted by Crippen LogP contribution is 2.05. The number of aliphatic hydroxyl groups is 1. The minimum absolute atomic E-state index is 0.549. The topological polar surface area (TPSA) is 29.5 Å². The van der Waals surface area contributed by atoms with E-state index in [4.69, 9.17) is 4.74 Å². The van der Waals surface area contributed by atoms with E-state index < -0.39 is 5.79 Å². The maximum Gasteiger partial charge on any atom is 0.159 e. The Labute approximate surface area is 79.2 Å². The van der Waals surface area contributed by atoms with Crippen LogP contribution in [0.15, 0.2) is 30.3 Å². The van der Waals surface area contributed by atoms with Gasteiger partial charge in [0.25, 0.3) is 0 Å². The molecule has 0 aromatic heterocycles. The van der Waals surface area contributed by atoms with Crippen LogP contribution in [0.5, 0.6) is 0 Å². The van der Waals surface area contributed by atoms with Crippen LogP contribution >= 0.6 is 0 Å². The summed E-state index contributed by atoms with van der Waals surface area (Å²) in [6.07, 6.45) is 0.838. The molecule has 2 heteroatoms. The second kappa shape index (κ2) is 4.40. The third-order valence-electron chi connectivity index (χ3n) is 1.69. The molecule has 13 heavy (non-hydrogen) atoms. The molecule has 0 amide bonds. The lowest BCUT2D eigenvalue weighted by molar-refractivity contribution is -0.175. The maximum absolute atomic E-state index is 9.27. The fourth-order valence-electron chi connectivity index (χ4n) is 1.06. The van der Waals surface area contributed by atoms with Crippen LogP contribution in [-0.2, 0) is 11.2 Å². The second-order valence-electron chi connectivity index (χ2n) is 3.53. The van der Waals surface area contributed by atoms with Crippen molar-refractivity contribution >= 4 is 0 Å². The third-order valence-corrected chi connectivity index (χ3v) is 1.69. The van der Waals surface area contributed by atoms with E-state index in [1.807, 2.05) is 30.3 Å². The zero-order valence-corrected chi connectivity index (χ0v) is 8.16. The third kappa shape index (κ3) is 4.65. The fourth-order valence-corrected chi connectivity index (χ4v) is 1.06. The Bertz CT molecular complexity index is 236. The van der Waals surface area contributed by atoms with Crippen LogP contribution in [0.1, 0.15) is 19.4 Å². The number of rotatable bonds is 4. The molecule has 0 bridgehead atoms. The normalized spacial score (nSPS) is 11.6. The summed E-state index contributed by atoms with van der Waals surface area (Å²) in [7, 11) is 0. The Balaban J connectivity index is 2.29. The van der Waals surface area contributed by atoms with Crippen LogP contribution in [-0.4, -0.2) is 17.5 Å². The molecule has 0 heterocycles. The molecule has 1 aromatic carbocycles. The molecule has 0 aliphatic carbocycles. The summed E-state index contributed by atoms with van der Waals surface area (Å²) < 4.78 is 5.19. The molecule has 0 saturated heterocycles. The highest BCUT2D eigenvalue weighted by atomic mass is 16.6. The lowest BCUT2D eigenvalue weighted by Gasteiger charge is -2.17. The van der Waals surface area contributed by atoms with E-state index in [1.54, 1.807) is 13.8 Å². The average Bonchev–Trinajstić information content (AvgIpc) is 2.04. The van der Waals surface area contributed by atoms with Gasteiger partial charge in [0.05, 0.1) is 6.61 Å². The predicted octanol–water partition coefficient (Wildman–Crippen LogP) is 1.97. The molecule has 1 aromatic rings. The van der Waals surface area contributed by atoms with Crippen molar-refractivity contribution in [3.8, 4) is 0 Å². The summed E-state index contributed by atoms with van der Waals surface area (Å²) in [6.45, 7) is 3.82.